The van der Waals surface area contributed by atoms with E-state index in [2.05, 4.69) is 24.2 Å². The number of likely N-dealkylation sites (tertiary alicyclic amines) is 1. The van der Waals surface area contributed by atoms with E-state index in [0.29, 0.717) is 36.6 Å². The molecule has 0 aromatic carbocycles. The van der Waals surface area contributed by atoms with Gasteiger partial charge in [-0.15, -0.1) is 0 Å². The van der Waals surface area contributed by atoms with Gasteiger partial charge in [-0.25, -0.2) is 0 Å². The second-order valence-corrected chi connectivity index (χ2v) is 6.23. The third-order valence-corrected chi connectivity index (χ3v) is 4.05. The molecular formula is C12H19N3O2S. The number of hydrogen-bond acceptors (Lipinski definition) is 4. The molecule has 0 aromatic heterocycles. The molecule has 0 radical (unpaired) electrons. The van der Waals surface area contributed by atoms with Crippen molar-refractivity contribution < 1.29 is 9.59 Å². The SMILES string of the molecule is CC1CC(C)CN(C(=O)C(=O)NC2=NCCS2)C1. The lowest BCUT2D eigenvalue weighted by Gasteiger charge is -2.34. The Labute approximate surface area is 111 Å². The Morgan fingerprint density at radius 2 is 2.00 bits per heavy atom. The van der Waals surface area contributed by atoms with Crippen molar-refractivity contribution in [2.75, 3.05) is 25.4 Å². The summed E-state index contributed by atoms with van der Waals surface area (Å²) >= 11 is 1.48. The maximum absolute atomic E-state index is 12.0. The normalized spacial score (nSPS) is 27.9. The summed E-state index contributed by atoms with van der Waals surface area (Å²) in [6.45, 7) is 6.30. The summed E-state index contributed by atoms with van der Waals surface area (Å²) < 4.78 is 0. The summed E-state index contributed by atoms with van der Waals surface area (Å²) in [5.41, 5.74) is 0. The molecule has 1 saturated heterocycles. The monoisotopic (exact) mass is 269 g/mol. The molecule has 2 aliphatic rings. The summed E-state index contributed by atoms with van der Waals surface area (Å²) in [6.07, 6.45) is 1.12. The lowest BCUT2D eigenvalue weighted by Crippen LogP contribution is -2.49. The molecule has 0 aliphatic carbocycles. The molecule has 2 amide bonds. The first-order valence-corrected chi connectivity index (χ1v) is 7.32. The minimum Gasteiger partial charge on any atom is -0.334 e. The largest absolute Gasteiger partial charge is 0.334 e. The number of carbonyl (C=O) groups is 2. The quantitative estimate of drug-likeness (QED) is 0.659. The van der Waals surface area contributed by atoms with Crippen molar-refractivity contribution in [1.82, 2.24) is 10.2 Å². The lowest BCUT2D eigenvalue weighted by atomic mass is 9.92. The third-order valence-electron chi connectivity index (χ3n) is 3.16. The molecule has 2 rings (SSSR count). The fourth-order valence-electron chi connectivity index (χ4n) is 2.53. The van der Waals surface area contributed by atoms with Crippen LogP contribution in [-0.4, -0.2) is 47.3 Å². The van der Waals surface area contributed by atoms with Crippen LogP contribution in [0.5, 0.6) is 0 Å². The molecule has 0 spiro atoms. The minimum atomic E-state index is -0.551. The van der Waals surface area contributed by atoms with Crippen LogP contribution >= 0.6 is 11.8 Å². The number of carbonyl (C=O) groups excluding carboxylic acids is 2. The van der Waals surface area contributed by atoms with E-state index in [1.54, 1.807) is 4.90 Å². The van der Waals surface area contributed by atoms with Crippen molar-refractivity contribution >= 4 is 28.7 Å². The Kier molecular flexibility index (Phi) is 4.27. The predicted molar refractivity (Wildman–Crippen MR) is 72.4 cm³/mol. The van der Waals surface area contributed by atoms with Crippen LogP contribution in [0.15, 0.2) is 4.99 Å². The van der Waals surface area contributed by atoms with Crippen LogP contribution in [0.3, 0.4) is 0 Å². The first-order chi connectivity index (χ1) is 8.56. The van der Waals surface area contributed by atoms with Crippen molar-refractivity contribution in [3.05, 3.63) is 0 Å². The van der Waals surface area contributed by atoms with Gasteiger partial charge in [-0.05, 0) is 18.3 Å². The first-order valence-electron chi connectivity index (χ1n) is 6.33. The highest BCUT2D eigenvalue weighted by Crippen LogP contribution is 2.21. The number of thioether (sulfide) groups is 1. The van der Waals surface area contributed by atoms with Gasteiger partial charge >= 0.3 is 11.8 Å². The summed E-state index contributed by atoms with van der Waals surface area (Å²) in [6, 6.07) is 0. The van der Waals surface area contributed by atoms with Crippen LogP contribution in [0.1, 0.15) is 20.3 Å². The Hall–Kier alpha value is -1.04. The van der Waals surface area contributed by atoms with E-state index < -0.39 is 11.8 Å². The van der Waals surface area contributed by atoms with Gasteiger partial charge in [-0.2, -0.15) is 0 Å². The zero-order valence-electron chi connectivity index (χ0n) is 10.8. The van der Waals surface area contributed by atoms with Crippen LogP contribution in [0.25, 0.3) is 0 Å². The first kappa shape index (κ1) is 13.4. The van der Waals surface area contributed by atoms with Crippen LogP contribution in [0.4, 0.5) is 0 Å². The molecule has 1 fully saturated rings. The van der Waals surface area contributed by atoms with Crippen molar-refractivity contribution in [3.8, 4) is 0 Å². The number of hydrogen-bond donors (Lipinski definition) is 1. The van der Waals surface area contributed by atoms with Gasteiger partial charge in [0.2, 0.25) is 0 Å². The zero-order valence-corrected chi connectivity index (χ0v) is 11.6. The van der Waals surface area contributed by atoms with Crippen molar-refractivity contribution in [2.24, 2.45) is 16.8 Å². The predicted octanol–water partition coefficient (Wildman–Crippen LogP) is 0.710. The number of amidine groups is 1. The fourth-order valence-corrected chi connectivity index (χ4v) is 3.26. The molecule has 0 aromatic rings. The molecule has 0 bridgehead atoms. The van der Waals surface area contributed by atoms with Crippen molar-refractivity contribution in [3.63, 3.8) is 0 Å². The van der Waals surface area contributed by atoms with Gasteiger partial charge in [0.25, 0.3) is 0 Å². The van der Waals surface area contributed by atoms with E-state index in [-0.39, 0.29) is 0 Å². The summed E-state index contributed by atoms with van der Waals surface area (Å²) in [5, 5.41) is 3.16. The van der Waals surface area contributed by atoms with Crippen LogP contribution < -0.4 is 5.32 Å². The van der Waals surface area contributed by atoms with Crippen LogP contribution in [0.2, 0.25) is 0 Å². The van der Waals surface area contributed by atoms with Gasteiger partial charge in [-0.3, -0.25) is 19.9 Å². The highest BCUT2D eigenvalue weighted by Gasteiger charge is 2.29. The van der Waals surface area contributed by atoms with Crippen molar-refractivity contribution in [2.45, 2.75) is 20.3 Å². The molecule has 2 unspecified atom stereocenters. The van der Waals surface area contributed by atoms with Gasteiger partial charge in [0, 0.05) is 18.8 Å². The third kappa shape index (κ3) is 3.25. The van der Waals surface area contributed by atoms with Gasteiger partial charge < -0.3 is 4.90 Å². The number of amides is 2. The molecule has 1 N–H and O–H groups in total. The molecule has 2 heterocycles. The van der Waals surface area contributed by atoms with E-state index in [9.17, 15) is 9.59 Å². The molecule has 2 atom stereocenters. The summed E-state index contributed by atoms with van der Waals surface area (Å²) in [5.74, 6) is 0.821. The Balaban J connectivity index is 1.91. The van der Waals surface area contributed by atoms with Gasteiger partial charge in [0.05, 0.1) is 6.54 Å². The number of piperidine rings is 1. The number of rotatable bonds is 0. The lowest BCUT2D eigenvalue weighted by molar-refractivity contribution is -0.146. The maximum atomic E-state index is 12.0. The van der Waals surface area contributed by atoms with Crippen LogP contribution in [0, 0.1) is 11.8 Å². The summed E-state index contributed by atoms with van der Waals surface area (Å²) in [7, 11) is 0. The molecule has 18 heavy (non-hydrogen) atoms. The molecule has 2 aliphatic heterocycles. The number of aliphatic imine (C=N–C) groups is 1. The molecule has 5 nitrogen and oxygen atoms in total. The second kappa shape index (κ2) is 5.73. The molecule has 100 valence electrons. The maximum Gasteiger partial charge on any atom is 0.315 e. The van der Waals surface area contributed by atoms with Crippen molar-refractivity contribution in [1.29, 1.82) is 0 Å². The Bertz CT molecular complexity index is 374. The number of nitrogens with zero attached hydrogens (tertiary/aromatic N) is 2. The van der Waals surface area contributed by atoms with Gasteiger partial charge in [0.1, 0.15) is 0 Å². The minimum absolute atomic E-state index is 0.427. The van der Waals surface area contributed by atoms with Crippen LogP contribution in [-0.2, 0) is 9.59 Å². The second-order valence-electron chi connectivity index (χ2n) is 5.15. The summed E-state index contributed by atoms with van der Waals surface area (Å²) in [4.78, 5) is 29.6. The Morgan fingerprint density at radius 3 is 2.56 bits per heavy atom. The number of nitrogens with one attached hydrogen (secondary N) is 1. The highest BCUT2D eigenvalue weighted by molar-refractivity contribution is 8.14. The van der Waals surface area contributed by atoms with E-state index in [0.717, 1.165) is 12.2 Å². The highest BCUT2D eigenvalue weighted by atomic mass is 32.2. The van der Waals surface area contributed by atoms with Gasteiger partial charge in [0.15, 0.2) is 5.17 Å². The average Bonchev–Trinajstić information content (AvgIpc) is 2.79. The zero-order chi connectivity index (χ0) is 13.1. The molecule has 6 heteroatoms. The molecule has 0 saturated carbocycles. The topological polar surface area (TPSA) is 61.8 Å². The van der Waals surface area contributed by atoms with E-state index in [1.807, 2.05) is 0 Å². The fraction of sp³-hybridized carbons (Fsp3) is 0.750. The smallest absolute Gasteiger partial charge is 0.315 e. The average molecular weight is 269 g/mol. The van der Waals surface area contributed by atoms with E-state index >= 15 is 0 Å². The van der Waals surface area contributed by atoms with E-state index in [1.165, 1.54) is 11.8 Å². The standard InChI is InChI=1S/C12H19N3O2S/c1-8-5-9(2)7-15(6-8)11(17)10(16)14-12-13-3-4-18-12/h8-9H,3-7H2,1-2H3,(H,13,14,16). The van der Waals surface area contributed by atoms with Gasteiger partial charge in [-0.1, -0.05) is 25.6 Å². The van der Waals surface area contributed by atoms with E-state index in [4.69, 9.17) is 0 Å². The molecular weight excluding hydrogens is 250 g/mol. The Morgan fingerprint density at radius 1 is 1.33 bits per heavy atom.